The molecule has 0 amide bonds. The molecule has 2 aliphatic rings. The van der Waals surface area contributed by atoms with E-state index in [1.807, 2.05) is 0 Å². The van der Waals surface area contributed by atoms with Gasteiger partial charge in [0.2, 0.25) is 0 Å². The second-order valence-corrected chi connectivity index (χ2v) is 4.84. The molecular formula is C12H19N3. The molecule has 0 bridgehead atoms. The van der Waals surface area contributed by atoms with Gasteiger partial charge in [-0.1, -0.05) is 12.8 Å². The number of fused-ring (bicyclic) bond motifs is 1. The third-order valence-corrected chi connectivity index (χ3v) is 3.83. The summed E-state index contributed by atoms with van der Waals surface area (Å²) in [6.45, 7) is 1.12. The quantitative estimate of drug-likeness (QED) is 0.763. The predicted molar refractivity (Wildman–Crippen MR) is 61.2 cm³/mol. The van der Waals surface area contributed by atoms with Crippen LogP contribution in [-0.4, -0.2) is 16.3 Å². The highest BCUT2D eigenvalue weighted by atomic mass is 15.3. The zero-order chi connectivity index (χ0) is 10.3. The van der Waals surface area contributed by atoms with Crippen LogP contribution in [0.2, 0.25) is 0 Å². The van der Waals surface area contributed by atoms with Crippen LogP contribution in [0.4, 0.5) is 5.69 Å². The normalized spacial score (nSPS) is 21.4. The fourth-order valence-electron chi connectivity index (χ4n) is 3.02. The molecule has 0 aromatic carbocycles. The molecule has 0 spiro atoms. The van der Waals surface area contributed by atoms with Crippen molar-refractivity contribution >= 4 is 5.69 Å². The zero-order valence-electron chi connectivity index (χ0n) is 9.42. The van der Waals surface area contributed by atoms with E-state index in [0.717, 1.165) is 12.5 Å². The number of hydrogen-bond acceptors (Lipinski definition) is 2. The van der Waals surface area contributed by atoms with Gasteiger partial charge in [-0.15, -0.1) is 0 Å². The maximum Gasteiger partial charge on any atom is 0.0889 e. The SMILES string of the molecule is Cn1nc(C2CCCC2)c2c1CCCN2. The first kappa shape index (κ1) is 9.25. The lowest BCUT2D eigenvalue weighted by Gasteiger charge is -2.16. The van der Waals surface area contributed by atoms with Gasteiger partial charge in [-0.2, -0.15) is 5.10 Å². The third kappa shape index (κ3) is 1.45. The van der Waals surface area contributed by atoms with Gasteiger partial charge in [0.15, 0.2) is 0 Å². The summed E-state index contributed by atoms with van der Waals surface area (Å²) >= 11 is 0. The molecule has 0 radical (unpaired) electrons. The minimum absolute atomic E-state index is 0.727. The Kier molecular flexibility index (Phi) is 2.19. The first-order valence-corrected chi connectivity index (χ1v) is 6.16. The molecule has 1 aromatic rings. The number of hydrogen-bond donors (Lipinski definition) is 1. The van der Waals surface area contributed by atoms with Gasteiger partial charge in [0.05, 0.1) is 17.1 Å². The summed E-state index contributed by atoms with van der Waals surface area (Å²) in [4.78, 5) is 0. The second kappa shape index (κ2) is 3.54. The Balaban J connectivity index is 1.99. The molecule has 82 valence electrons. The summed E-state index contributed by atoms with van der Waals surface area (Å²) < 4.78 is 2.09. The van der Waals surface area contributed by atoms with Crippen molar-refractivity contribution in [3.63, 3.8) is 0 Å². The lowest BCUT2D eigenvalue weighted by Crippen LogP contribution is -2.13. The summed E-state index contributed by atoms with van der Waals surface area (Å²) in [6.07, 6.45) is 7.89. The molecule has 1 N–H and O–H groups in total. The maximum absolute atomic E-state index is 4.73. The topological polar surface area (TPSA) is 29.9 Å². The smallest absolute Gasteiger partial charge is 0.0889 e. The Morgan fingerprint density at radius 1 is 1.27 bits per heavy atom. The van der Waals surface area contributed by atoms with E-state index in [0.29, 0.717) is 0 Å². The van der Waals surface area contributed by atoms with E-state index in [4.69, 9.17) is 5.10 Å². The van der Waals surface area contributed by atoms with Gasteiger partial charge in [-0.3, -0.25) is 4.68 Å². The van der Waals surface area contributed by atoms with Gasteiger partial charge in [0.1, 0.15) is 0 Å². The number of aromatic nitrogens is 2. The van der Waals surface area contributed by atoms with E-state index in [-0.39, 0.29) is 0 Å². The van der Waals surface area contributed by atoms with E-state index in [9.17, 15) is 0 Å². The van der Waals surface area contributed by atoms with E-state index in [1.54, 1.807) is 0 Å². The van der Waals surface area contributed by atoms with E-state index >= 15 is 0 Å². The van der Waals surface area contributed by atoms with Crippen LogP contribution in [0.15, 0.2) is 0 Å². The Morgan fingerprint density at radius 2 is 2.07 bits per heavy atom. The molecule has 1 saturated carbocycles. The average Bonchev–Trinajstić information content (AvgIpc) is 2.87. The average molecular weight is 205 g/mol. The molecule has 3 nitrogen and oxygen atoms in total. The lowest BCUT2D eigenvalue weighted by atomic mass is 10.00. The van der Waals surface area contributed by atoms with E-state index in [2.05, 4.69) is 17.0 Å². The monoisotopic (exact) mass is 205 g/mol. The summed E-state index contributed by atoms with van der Waals surface area (Å²) in [6, 6.07) is 0. The fraction of sp³-hybridized carbons (Fsp3) is 0.750. The van der Waals surface area contributed by atoms with E-state index < -0.39 is 0 Å². The zero-order valence-corrected chi connectivity index (χ0v) is 9.42. The largest absolute Gasteiger partial charge is 0.382 e. The Morgan fingerprint density at radius 3 is 2.87 bits per heavy atom. The molecular weight excluding hydrogens is 186 g/mol. The van der Waals surface area contributed by atoms with Crippen LogP contribution < -0.4 is 5.32 Å². The molecule has 3 heteroatoms. The third-order valence-electron chi connectivity index (χ3n) is 3.83. The van der Waals surface area contributed by atoms with Crippen LogP contribution in [0.25, 0.3) is 0 Å². The molecule has 0 atom stereocenters. The van der Waals surface area contributed by atoms with Crippen molar-refractivity contribution in [1.82, 2.24) is 9.78 Å². The Bertz CT molecular complexity index is 361. The van der Waals surface area contributed by atoms with Crippen molar-refractivity contribution < 1.29 is 0 Å². The van der Waals surface area contributed by atoms with Crippen molar-refractivity contribution in [1.29, 1.82) is 0 Å². The highest BCUT2D eigenvalue weighted by Crippen LogP contribution is 2.39. The minimum atomic E-state index is 0.727. The minimum Gasteiger partial charge on any atom is -0.382 e. The lowest BCUT2D eigenvalue weighted by molar-refractivity contribution is 0.642. The van der Waals surface area contributed by atoms with Crippen molar-refractivity contribution in [3.8, 4) is 0 Å². The van der Waals surface area contributed by atoms with Crippen molar-refractivity contribution in [2.75, 3.05) is 11.9 Å². The molecule has 1 aliphatic carbocycles. The second-order valence-electron chi connectivity index (χ2n) is 4.84. The summed E-state index contributed by atoms with van der Waals surface area (Å²) in [5.41, 5.74) is 4.14. The first-order valence-electron chi connectivity index (χ1n) is 6.16. The molecule has 2 heterocycles. The molecule has 3 rings (SSSR count). The van der Waals surface area contributed by atoms with Gasteiger partial charge < -0.3 is 5.32 Å². The first-order chi connectivity index (χ1) is 7.36. The van der Waals surface area contributed by atoms with Gasteiger partial charge in [-0.05, 0) is 25.7 Å². The van der Waals surface area contributed by atoms with Crippen molar-refractivity contribution in [3.05, 3.63) is 11.4 Å². The number of nitrogens with one attached hydrogen (secondary N) is 1. The van der Waals surface area contributed by atoms with Crippen LogP contribution >= 0.6 is 0 Å². The van der Waals surface area contributed by atoms with Crippen LogP contribution in [0.3, 0.4) is 0 Å². The fourth-order valence-corrected chi connectivity index (χ4v) is 3.02. The van der Waals surface area contributed by atoms with Crippen LogP contribution in [-0.2, 0) is 13.5 Å². The van der Waals surface area contributed by atoms with Crippen molar-refractivity contribution in [2.45, 2.75) is 44.4 Å². The molecule has 15 heavy (non-hydrogen) atoms. The van der Waals surface area contributed by atoms with Gasteiger partial charge in [0.25, 0.3) is 0 Å². The number of rotatable bonds is 1. The molecule has 1 aliphatic heterocycles. The summed E-state index contributed by atoms with van der Waals surface area (Å²) in [7, 11) is 2.09. The summed E-state index contributed by atoms with van der Waals surface area (Å²) in [5.74, 6) is 0.727. The van der Waals surface area contributed by atoms with Crippen molar-refractivity contribution in [2.24, 2.45) is 7.05 Å². The molecule has 1 fully saturated rings. The highest BCUT2D eigenvalue weighted by Gasteiger charge is 2.26. The maximum atomic E-state index is 4.73. The Hall–Kier alpha value is -0.990. The van der Waals surface area contributed by atoms with Crippen LogP contribution in [0.1, 0.15) is 49.4 Å². The van der Waals surface area contributed by atoms with E-state index in [1.165, 1.54) is 55.6 Å². The number of anilines is 1. The van der Waals surface area contributed by atoms with Crippen LogP contribution in [0, 0.1) is 0 Å². The van der Waals surface area contributed by atoms with Gasteiger partial charge in [-0.25, -0.2) is 0 Å². The molecule has 1 aromatic heterocycles. The Labute approximate surface area is 90.9 Å². The number of aryl methyl sites for hydroxylation is 1. The molecule has 0 unspecified atom stereocenters. The highest BCUT2D eigenvalue weighted by molar-refractivity contribution is 5.56. The standard InChI is InChI=1S/C12H19N3/c1-15-10-7-4-8-13-12(10)11(14-15)9-5-2-3-6-9/h9,13H,2-8H2,1H3. The van der Waals surface area contributed by atoms with Gasteiger partial charge >= 0.3 is 0 Å². The predicted octanol–water partition coefficient (Wildman–Crippen LogP) is 2.44. The van der Waals surface area contributed by atoms with Gasteiger partial charge in [0, 0.05) is 19.5 Å². The summed E-state index contributed by atoms with van der Waals surface area (Å²) in [5, 5.41) is 8.27. The molecule has 0 saturated heterocycles. The number of nitrogens with zero attached hydrogens (tertiary/aromatic N) is 2. The van der Waals surface area contributed by atoms with Crippen LogP contribution in [0.5, 0.6) is 0 Å².